The molecule has 0 aliphatic rings. The van der Waals surface area contributed by atoms with Crippen molar-refractivity contribution in [3.05, 3.63) is 194 Å². The third-order valence-electron chi connectivity index (χ3n) is 9.37. The fourth-order valence-corrected chi connectivity index (χ4v) is 6.82. The van der Waals surface area contributed by atoms with E-state index in [0.29, 0.717) is 11.6 Å². The Hall–Kier alpha value is -7.04. The number of rotatable bonds is 7. The Labute approximate surface area is 302 Å². The maximum Gasteiger partial charge on any atom is 0.160 e. The van der Waals surface area contributed by atoms with Crippen molar-refractivity contribution in [1.29, 1.82) is 0 Å². The number of fused-ring (bicyclic) bond motifs is 1. The van der Waals surface area contributed by atoms with Crippen molar-refractivity contribution in [1.82, 2.24) is 19.9 Å². The number of benzene rings is 7. The second-order valence-corrected chi connectivity index (χ2v) is 12.8. The molecule has 52 heavy (non-hydrogen) atoms. The molecule has 0 aliphatic heterocycles. The van der Waals surface area contributed by atoms with Crippen molar-refractivity contribution in [2.75, 3.05) is 0 Å². The van der Waals surface area contributed by atoms with Gasteiger partial charge in [0.2, 0.25) is 0 Å². The van der Waals surface area contributed by atoms with Gasteiger partial charge < -0.3 is 0 Å². The summed E-state index contributed by atoms with van der Waals surface area (Å²) in [6, 6.07) is 63.4. The molecule has 4 nitrogen and oxygen atoms in total. The van der Waals surface area contributed by atoms with E-state index >= 15 is 0 Å². The van der Waals surface area contributed by atoms with E-state index in [9.17, 15) is 0 Å². The molecular weight excluding hydrogens is 633 g/mol. The topological polar surface area (TPSA) is 51.6 Å². The van der Waals surface area contributed by atoms with Gasteiger partial charge in [0.1, 0.15) is 0 Å². The minimum absolute atomic E-state index is 0.627. The molecule has 4 heteroatoms. The van der Waals surface area contributed by atoms with Gasteiger partial charge in [0.25, 0.3) is 0 Å². The molecule has 0 saturated heterocycles. The van der Waals surface area contributed by atoms with Crippen molar-refractivity contribution in [2.24, 2.45) is 0 Å². The fraction of sp³-hybridized carbons (Fsp3) is 0. The Morgan fingerprint density at radius 1 is 0.288 bits per heavy atom. The van der Waals surface area contributed by atoms with Crippen molar-refractivity contribution in [3.8, 4) is 78.7 Å². The minimum atomic E-state index is 0.627. The van der Waals surface area contributed by atoms with Gasteiger partial charge in [-0.2, -0.15) is 0 Å². The van der Waals surface area contributed by atoms with Crippen LogP contribution in [0.4, 0.5) is 0 Å². The molecule has 9 aromatic rings. The van der Waals surface area contributed by atoms with Gasteiger partial charge >= 0.3 is 0 Å². The Morgan fingerprint density at radius 3 is 1.38 bits per heavy atom. The van der Waals surface area contributed by atoms with E-state index in [2.05, 4.69) is 174 Å². The predicted molar refractivity (Wildman–Crippen MR) is 213 cm³/mol. The minimum Gasteiger partial charge on any atom is -0.237 e. The van der Waals surface area contributed by atoms with Crippen LogP contribution in [0.2, 0.25) is 0 Å². The number of nitrogens with zero attached hydrogens (tertiary/aromatic N) is 4. The lowest BCUT2D eigenvalue weighted by Crippen LogP contribution is -1.98. The van der Waals surface area contributed by atoms with Crippen LogP contribution in [0.1, 0.15) is 0 Å². The third kappa shape index (κ3) is 6.26. The summed E-state index contributed by atoms with van der Waals surface area (Å²) in [4.78, 5) is 19.9. The highest BCUT2D eigenvalue weighted by atomic mass is 14.9. The van der Waals surface area contributed by atoms with Gasteiger partial charge in [-0.3, -0.25) is 0 Å². The molecule has 2 heterocycles. The van der Waals surface area contributed by atoms with Crippen molar-refractivity contribution >= 4 is 10.8 Å². The average Bonchev–Trinajstić information content (AvgIpc) is 3.24. The van der Waals surface area contributed by atoms with Crippen molar-refractivity contribution in [2.45, 2.75) is 0 Å². The first-order valence-corrected chi connectivity index (χ1v) is 17.4. The molecule has 0 saturated carbocycles. The van der Waals surface area contributed by atoms with Gasteiger partial charge in [-0.05, 0) is 86.6 Å². The molecule has 0 N–H and O–H groups in total. The SMILES string of the molecule is c1ccc(-c2cccc(-c3cc(-c4cccc(-c5ccccc5)c4)nc(-c4cc(-c5ncccn5)cc(-c5cccc6ccccc56)c4)n3)c2)cc1. The molecule has 0 spiro atoms. The van der Waals surface area contributed by atoms with Crippen LogP contribution in [0, 0.1) is 0 Å². The second-order valence-electron chi connectivity index (χ2n) is 12.8. The zero-order chi connectivity index (χ0) is 34.7. The zero-order valence-electron chi connectivity index (χ0n) is 28.3. The van der Waals surface area contributed by atoms with E-state index in [1.165, 1.54) is 10.8 Å². The highest BCUT2D eigenvalue weighted by Crippen LogP contribution is 2.37. The molecule has 0 amide bonds. The summed E-state index contributed by atoms with van der Waals surface area (Å²) in [6.45, 7) is 0. The summed E-state index contributed by atoms with van der Waals surface area (Å²) in [6.07, 6.45) is 3.56. The molecule has 7 aromatic carbocycles. The van der Waals surface area contributed by atoms with Crippen LogP contribution in [0.15, 0.2) is 194 Å². The van der Waals surface area contributed by atoms with Gasteiger partial charge in [0.15, 0.2) is 11.6 Å². The van der Waals surface area contributed by atoms with E-state index < -0.39 is 0 Å². The second kappa shape index (κ2) is 13.7. The Kier molecular flexibility index (Phi) is 8.16. The molecule has 0 aliphatic carbocycles. The molecule has 0 radical (unpaired) electrons. The lowest BCUT2D eigenvalue weighted by molar-refractivity contribution is 1.17. The summed E-state index contributed by atoms with van der Waals surface area (Å²) in [7, 11) is 0. The van der Waals surface area contributed by atoms with Crippen LogP contribution < -0.4 is 0 Å². The lowest BCUT2D eigenvalue weighted by atomic mass is 9.94. The third-order valence-corrected chi connectivity index (χ3v) is 9.37. The Morgan fingerprint density at radius 2 is 0.750 bits per heavy atom. The average molecular weight is 665 g/mol. The van der Waals surface area contributed by atoms with Gasteiger partial charge in [-0.1, -0.05) is 140 Å². The summed E-state index contributed by atoms with van der Waals surface area (Å²) in [5.74, 6) is 1.27. The Bertz CT molecular complexity index is 2570. The highest BCUT2D eigenvalue weighted by molar-refractivity contribution is 5.98. The first-order valence-electron chi connectivity index (χ1n) is 17.4. The van der Waals surface area contributed by atoms with Gasteiger partial charge in [-0.25, -0.2) is 19.9 Å². The summed E-state index contributed by atoms with van der Waals surface area (Å²) in [5, 5.41) is 2.35. The van der Waals surface area contributed by atoms with Crippen LogP contribution in [0.3, 0.4) is 0 Å². The van der Waals surface area contributed by atoms with Gasteiger partial charge in [0, 0.05) is 34.6 Å². The quantitative estimate of drug-likeness (QED) is 0.170. The number of hydrogen-bond acceptors (Lipinski definition) is 4. The van der Waals surface area contributed by atoms with Crippen molar-refractivity contribution < 1.29 is 0 Å². The molecule has 2 aromatic heterocycles. The van der Waals surface area contributed by atoms with Gasteiger partial charge in [0.05, 0.1) is 11.4 Å². The fourth-order valence-electron chi connectivity index (χ4n) is 6.82. The molecule has 9 rings (SSSR count). The molecule has 0 fully saturated rings. The standard InChI is InChI=1S/C48H32N4/c1-3-13-33(14-4-1)36-19-9-21-38(27-36)45-32-46(39-22-10-20-37(28-39)34-15-5-2-6-16-34)52-48(51-45)42-30-40(29-41(31-42)47-49-25-12-26-50-47)44-24-11-18-35-17-7-8-23-43(35)44/h1-32H. The summed E-state index contributed by atoms with van der Waals surface area (Å²) < 4.78 is 0. The van der Waals surface area contributed by atoms with Crippen LogP contribution in [0.5, 0.6) is 0 Å². The maximum absolute atomic E-state index is 5.29. The van der Waals surface area contributed by atoms with E-state index in [1.807, 2.05) is 18.2 Å². The molecule has 0 atom stereocenters. The highest BCUT2D eigenvalue weighted by Gasteiger charge is 2.16. The summed E-state index contributed by atoms with van der Waals surface area (Å²) >= 11 is 0. The lowest BCUT2D eigenvalue weighted by Gasteiger charge is -2.14. The summed E-state index contributed by atoms with van der Waals surface area (Å²) in [5.41, 5.74) is 12.2. The largest absolute Gasteiger partial charge is 0.237 e. The zero-order valence-corrected chi connectivity index (χ0v) is 28.3. The number of aromatic nitrogens is 4. The van der Waals surface area contributed by atoms with Crippen LogP contribution >= 0.6 is 0 Å². The van der Waals surface area contributed by atoms with Crippen LogP contribution in [-0.4, -0.2) is 19.9 Å². The normalized spacial score (nSPS) is 11.1. The first kappa shape index (κ1) is 31.0. The van der Waals surface area contributed by atoms with Gasteiger partial charge in [-0.15, -0.1) is 0 Å². The first-order chi connectivity index (χ1) is 25.7. The van der Waals surface area contributed by atoms with E-state index in [0.717, 1.165) is 67.0 Å². The molecule has 0 bridgehead atoms. The molecule has 0 unspecified atom stereocenters. The molecule has 244 valence electrons. The van der Waals surface area contributed by atoms with Crippen LogP contribution in [0.25, 0.3) is 89.4 Å². The van der Waals surface area contributed by atoms with E-state index in [1.54, 1.807) is 12.4 Å². The smallest absolute Gasteiger partial charge is 0.160 e. The number of hydrogen-bond donors (Lipinski definition) is 0. The maximum atomic E-state index is 5.29. The van der Waals surface area contributed by atoms with E-state index in [-0.39, 0.29) is 0 Å². The molecular formula is C48H32N4. The predicted octanol–water partition coefficient (Wildman–Crippen LogP) is 12.1. The van der Waals surface area contributed by atoms with Crippen molar-refractivity contribution in [3.63, 3.8) is 0 Å². The monoisotopic (exact) mass is 664 g/mol. The Balaban J connectivity index is 1.27. The van der Waals surface area contributed by atoms with E-state index in [4.69, 9.17) is 9.97 Å². The van der Waals surface area contributed by atoms with Crippen LogP contribution in [-0.2, 0) is 0 Å².